The Morgan fingerprint density at radius 1 is 1.38 bits per heavy atom. The monoisotopic (exact) mass is 238 g/mol. The second kappa shape index (κ2) is 5.28. The molecule has 0 saturated heterocycles. The molecule has 2 nitrogen and oxygen atoms in total. The lowest BCUT2D eigenvalue weighted by Gasteiger charge is -2.35. The summed E-state index contributed by atoms with van der Waals surface area (Å²) in [5, 5.41) is 3.73. The zero-order valence-electron chi connectivity index (χ0n) is 10.5. The highest BCUT2D eigenvalue weighted by molar-refractivity contribution is 7.09. The first kappa shape index (κ1) is 12.1. The molecule has 1 aromatic heterocycles. The van der Waals surface area contributed by atoms with Gasteiger partial charge in [-0.05, 0) is 31.6 Å². The Morgan fingerprint density at radius 3 is 2.62 bits per heavy atom. The van der Waals surface area contributed by atoms with Gasteiger partial charge in [-0.2, -0.15) is 0 Å². The summed E-state index contributed by atoms with van der Waals surface area (Å²) in [7, 11) is 0. The molecule has 1 heterocycles. The van der Waals surface area contributed by atoms with Crippen molar-refractivity contribution in [3.8, 4) is 0 Å². The maximum Gasteiger partial charge on any atom is 0.0798 e. The van der Waals surface area contributed by atoms with Crippen molar-refractivity contribution in [1.82, 2.24) is 10.3 Å². The summed E-state index contributed by atoms with van der Waals surface area (Å²) >= 11 is 1.77. The molecule has 16 heavy (non-hydrogen) atoms. The van der Waals surface area contributed by atoms with Crippen molar-refractivity contribution in [3.63, 3.8) is 0 Å². The van der Waals surface area contributed by atoms with Crippen LogP contribution in [0.5, 0.6) is 0 Å². The van der Waals surface area contributed by atoms with Crippen LogP contribution in [0.3, 0.4) is 0 Å². The van der Waals surface area contributed by atoms with Gasteiger partial charge in [0.05, 0.1) is 11.2 Å². The molecular weight excluding hydrogens is 216 g/mol. The van der Waals surface area contributed by atoms with Gasteiger partial charge in [0, 0.05) is 17.5 Å². The van der Waals surface area contributed by atoms with Gasteiger partial charge in [0.1, 0.15) is 0 Å². The minimum Gasteiger partial charge on any atom is -0.309 e. The second-order valence-corrected chi connectivity index (χ2v) is 6.09. The lowest BCUT2D eigenvalue weighted by atomic mass is 9.79. The molecular formula is C13H22N2S. The van der Waals surface area contributed by atoms with Gasteiger partial charge in [0.2, 0.25) is 0 Å². The molecule has 1 fully saturated rings. The fourth-order valence-electron chi connectivity index (χ4n) is 2.79. The summed E-state index contributed by atoms with van der Waals surface area (Å²) in [6, 6.07) is 0.690. The molecule has 90 valence electrons. The number of thiazole rings is 1. The number of hydrogen-bond donors (Lipinski definition) is 1. The lowest BCUT2D eigenvalue weighted by Crippen LogP contribution is -2.42. The number of nitrogens with zero attached hydrogens (tertiary/aromatic N) is 1. The fraction of sp³-hybridized carbons (Fsp3) is 0.769. The van der Waals surface area contributed by atoms with E-state index in [0.29, 0.717) is 6.04 Å². The largest absolute Gasteiger partial charge is 0.309 e. The molecule has 1 aliphatic rings. The van der Waals surface area contributed by atoms with E-state index in [1.165, 1.54) is 29.8 Å². The quantitative estimate of drug-likeness (QED) is 0.873. The first-order chi connectivity index (χ1) is 7.68. The topological polar surface area (TPSA) is 24.9 Å². The van der Waals surface area contributed by atoms with Gasteiger partial charge < -0.3 is 5.32 Å². The molecule has 0 aliphatic heterocycles. The molecule has 0 bridgehead atoms. The first-order valence-corrected chi connectivity index (χ1v) is 7.18. The summed E-state index contributed by atoms with van der Waals surface area (Å²) in [5.41, 5.74) is 3.13. The Morgan fingerprint density at radius 2 is 2.06 bits per heavy atom. The average molecular weight is 238 g/mol. The molecule has 0 aromatic carbocycles. The van der Waals surface area contributed by atoms with Crippen LogP contribution in [0.2, 0.25) is 0 Å². The standard InChI is InChI=1S/C13H22N2S/c1-9-5-4-6-10(2)13(9)14-7-12-11(3)15-8-16-12/h8-10,13-14H,4-7H2,1-3H3. The number of hydrogen-bond acceptors (Lipinski definition) is 3. The van der Waals surface area contributed by atoms with Gasteiger partial charge in [-0.3, -0.25) is 0 Å². The number of aryl methyl sites for hydroxylation is 1. The molecule has 0 amide bonds. The Hall–Kier alpha value is -0.410. The van der Waals surface area contributed by atoms with E-state index in [1.54, 1.807) is 11.3 Å². The molecule has 1 aromatic rings. The summed E-state index contributed by atoms with van der Waals surface area (Å²) in [5.74, 6) is 1.63. The highest BCUT2D eigenvalue weighted by atomic mass is 32.1. The fourth-order valence-corrected chi connectivity index (χ4v) is 3.52. The molecule has 0 radical (unpaired) electrons. The van der Waals surface area contributed by atoms with Crippen molar-refractivity contribution in [3.05, 3.63) is 16.1 Å². The predicted octanol–water partition coefficient (Wildman–Crippen LogP) is 3.37. The smallest absolute Gasteiger partial charge is 0.0798 e. The van der Waals surface area contributed by atoms with E-state index in [-0.39, 0.29) is 0 Å². The van der Waals surface area contributed by atoms with Crippen molar-refractivity contribution < 1.29 is 0 Å². The molecule has 2 rings (SSSR count). The van der Waals surface area contributed by atoms with E-state index in [9.17, 15) is 0 Å². The van der Waals surface area contributed by atoms with Crippen LogP contribution in [0.4, 0.5) is 0 Å². The van der Waals surface area contributed by atoms with Gasteiger partial charge in [-0.15, -0.1) is 11.3 Å². The summed E-state index contributed by atoms with van der Waals surface area (Å²) in [6.45, 7) is 7.86. The van der Waals surface area contributed by atoms with Crippen LogP contribution in [0, 0.1) is 18.8 Å². The van der Waals surface area contributed by atoms with Crippen LogP contribution in [-0.2, 0) is 6.54 Å². The Bertz CT molecular complexity index is 324. The van der Waals surface area contributed by atoms with Gasteiger partial charge in [0.15, 0.2) is 0 Å². The summed E-state index contributed by atoms with van der Waals surface area (Å²) in [6.07, 6.45) is 4.16. The van der Waals surface area contributed by atoms with Crippen LogP contribution >= 0.6 is 11.3 Å². The molecule has 2 unspecified atom stereocenters. The molecule has 1 N–H and O–H groups in total. The zero-order valence-corrected chi connectivity index (χ0v) is 11.3. The van der Waals surface area contributed by atoms with Crippen molar-refractivity contribution in [2.24, 2.45) is 11.8 Å². The Labute approximate surface area is 102 Å². The summed E-state index contributed by atoms with van der Waals surface area (Å²) in [4.78, 5) is 5.69. The van der Waals surface area contributed by atoms with E-state index in [2.05, 4.69) is 31.1 Å². The van der Waals surface area contributed by atoms with Crippen LogP contribution in [-0.4, -0.2) is 11.0 Å². The van der Waals surface area contributed by atoms with Crippen LogP contribution < -0.4 is 5.32 Å². The van der Waals surface area contributed by atoms with E-state index in [1.807, 2.05) is 5.51 Å². The minimum atomic E-state index is 0.690. The molecule has 2 atom stereocenters. The first-order valence-electron chi connectivity index (χ1n) is 6.31. The van der Waals surface area contributed by atoms with Crippen molar-refractivity contribution in [2.45, 2.75) is 52.6 Å². The molecule has 3 heteroatoms. The number of aromatic nitrogens is 1. The van der Waals surface area contributed by atoms with Gasteiger partial charge in [0.25, 0.3) is 0 Å². The van der Waals surface area contributed by atoms with Crippen molar-refractivity contribution >= 4 is 11.3 Å². The van der Waals surface area contributed by atoms with Gasteiger partial charge >= 0.3 is 0 Å². The highest BCUT2D eigenvalue weighted by Crippen LogP contribution is 2.29. The zero-order chi connectivity index (χ0) is 11.5. The number of nitrogens with one attached hydrogen (secondary N) is 1. The SMILES string of the molecule is Cc1ncsc1CNC1C(C)CCCC1C. The van der Waals surface area contributed by atoms with Gasteiger partial charge in [-0.25, -0.2) is 4.98 Å². The highest BCUT2D eigenvalue weighted by Gasteiger charge is 2.27. The third-order valence-corrected chi connectivity index (χ3v) is 4.82. The van der Waals surface area contributed by atoms with E-state index in [0.717, 1.165) is 18.4 Å². The van der Waals surface area contributed by atoms with Crippen molar-refractivity contribution in [2.75, 3.05) is 0 Å². The van der Waals surface area contributed by atoms with Crippen LogP contribution in [0.1, 0.15) is 43.7 Å². The second-order valence-electron chi connectivity index (χ2n) is 5.15. The van der Waals surface area contributed by atoms with Crippen molar-refractivity contribution in [1.29, 1.82) is 0 Å². The molecule has 1 saturated carbocycles. The van der Waals surface area contributed by atoms with E-state index in [4.69, 9.17) is 0 Å². The van der Waals surface area contributed by atoms with E-state index >= 15 is 0 Å². The predicted molar refractivity (Wildman–Crippen MR) is 69.7 cm³/mol. The average Bonchev–Trinajstić information content (AvgIpc) is 2.64. The Kier molecular flexibility index (Phi) is 3.98. The normalized spacial score (nSPS) is 30.6. The molecule has 1 aliphatic carbocycles. The third-order valence-electron chi connectivity index (χ3n) is 3.89. The maximum atomic E-state index is 4.30. The third kappa shape index (κ3) is 2.64. The minimum absolute atomic E-state index is 0.690. The summed E-state index contributed by atoms with van der Waals surface area (Å²) < 4.78 is 0. The van der Waals surface area contributed by atoms with E-state index < -0.39 is 0 Å². The molecule has 0 spiro atoms. The van der Waals surface area contributed by atoms with Crippen LogP contribution in [0.25, 0.3) is 0 Å². The van der Waals surface area contributed by atoms with Crippen LogP contribution in [0.15, 0.2) is 5.51 Å². The number of rotatable bonds is 3. The lowest BCUT2D eigenvalue weighted by molar-refractivity contribution is 0.208. The Balaban J connectivity index is 1.91. The maximum absolute atomic E-state index is 4.30. The van der Waals surface area contributed by atoms with Gasteiger partial charge in [-0.1, -0.05) is 20.3 Å².